The number of pyridine rings is 1. The second-order valence-electron chi connectivity index (χ2n) is 13.9. The number of carbonyl (C=O) groups is 1. The van der Waals surface area contributed by atoms with Crippen molar-refractivity contribution < 1.29 is 9.90 Å². The van der Waals surface area contributed by atoms with E-state index in [9.17, 15) is 9.90 Å². The molecule has 7 heteroatoms. The van der Waals surface area contributed by atoms with Gasteiger partial charge in [0, 0.05) is 22.5 Å². The van der Waals surface area contributed by atoms with Gasteiger partial charge in [0.05, 0.1) is 11.4 Å². The summed E-state index contributed by atoms with van der Waals surface area (Å²) in [5, 5.41) is 22.7. The first-order valence-electron chi connectivity index (χ1n) is 16.5. The van der Waals surface area contributed by atoms with Gasteiger partial charge < -0.3 is 26.4 Å². The third-order valence-corrected chi connectivity index (χ3v) is 7.82. The van der Waals surface area contributed by atoms with Crippen molar-refractivity contribution in [3.8, 4) is 23.7 Å². The van der Waals surface area contributed by atoms with Gasteiger partial charge in [-0.15, -0.1) is 0 Å². The minimum atomic E-state index is -1.03. The number of amides is 2. The molecule has 1 atom stereocenters. The maximum Gasteiger partial charge on any atom is 0.323 e. The first-order valence-corrected chi connectivity index (χ1v) is 16.5. The monoisotopic (exact) mass is 661 g/mol. The third-order valence-electron chi connectivity index (χ3n) is 7.82. The van der Waals surface area contributed by atoms with Gasteiger partial charge in [-0.3, -0.25) is 0 Å². The number of urea groups is 1. The largest absolute Gasteiger partial charge is 0.357 e. The second kappa shape index (κ2) is 15.5. The number of carbonyl (C=O) groups excluding carboxylic acids is 1. The summed E-state index contributed by atoms with van der Waals surface area (Å²) in [6.07, 6.45) is -1.03. The molecule has 0 spiro atoms. The van der Waals surface area contributed by atoms with Crippen molar-refractivity contribution in [3.05, 3.63) is 149 Å². The lowest BCUT2D eigenvalue weighted by Crippen LogP contribution is -2.28. The van der Waals surface area contributed by atoms with E-state index in [0.29, 0.717) is 34.0 Å². The molecule has 7 nitrogen and oxygen atoms in total. The molecule has 0 aliphatic heterocycles. The van der Waals surface area contributed by atoms with Crippen molar-refractivity contribution in [3.63, 3.8) is 0 Å². The molecule has 0 saturated heterocycles. The van der Waals surface area contributed by atoms with E-state index in [1.807, 2.05) is 115 Å². The van der Waals surface area contributed by atoms with Crippen LogP contribution in [0.1, 0.15) is 75.2 Å². The fourth-order valence-corrected chi connectivity index (χ4v) is 4.98. The molecular weight excluding hydrogens is 619 g/mol. The Kier molecular flexibility index (Phi) is 10.9. The summed E-state index contributed by atoms with van der Waals surface area (Å²) in [7, 11) is 0. The minimum Gasteiger partial charge on any atom is -0.357 e. The zero-order valence-corrected chi connectivity index (χ0v) is 29.3. The maximum absolute atomic E-state index is 12.8. The number of rotatable bonds is 6. The predicted octanol–water partition coefficient (Wildman–Crippen LogP) is 8.92. The first-order chi connectivity index (χ1) is 23.8. The normalized spacial score (nSPS) is 11.6. The molecule has 0 bridgehead atoms. The minimum absolute atomic E-state index is 0.0934. The standard InChI is InChI=1S/C43H43N5O2/c1-42(2,3)32-22-26-38(47-40(49)45-34-14-9-7-10-15-34)30(28-32)20-24-36-18-13-19-37(44-36)25-21-31-29-33(43(4,5)6)23-27-39(31)48-41(50)46-35-16-11-8-12-17-35/h7-19,22-23,26-29,40,45,47,49H,1-6H3,(H2,46,48,50). The number of aliphatic hydroxyl groups excluding tert-OH is 1. The van der Waals surface area contributed by atoms with Gasteiger partial charge >= 0.3 is 6.03 Å². The van der Waals surface area contributed by atoms with Crippen LogP contribution in [-0.2, 0) is 10.8 Å². The van der Waals surface area contributed by atoms with Crippen LogP contribution in [0.25, 0.3) is 0 Å². The van der Waals surface area contributed by atoms with E-state index in [0.717, 1.165) is 22.4 Å². The van der Waals surface area contributed by atoms with Crippen LogP contribution in [0.15, 0.2) is 115 Å². The Morgan fingerprint density at radius 1 is 0.580 bits per heavy atom. The van der Waals surface area contributed by atoms with Crippen molar-refractivity contribution in [1.82, 2.24) is 4.98 Å². The summed E-state index contributed by atoms with van der Waals surface area (Å²) in [4.78, 5) is 17.6. The number of hydrogen-bond donors (Lipinski definition) is 5. The van der Waals surface area contributed by atoms with E-state index in [4.69, 9.17) is 4.98 Å². The molecule has 0 aliphatic rings. The molecule has 5 aromatic rings. The lowest BCUT2D eigenvalue weighted by Gasteiger charge is -2.22. The highest BCUT2D eigenvalue weighted by Gasteiger charge is 2.17. The SMILES string of the molecule is CC(C)(C)c1ccc(NC(=O)Nc2ccccc2)c(C#Cc2cccc(C#Cc3cc(C(C)(C)C)ccc3NC(O)Nc3ccccc3)n2)c1. The quantitative estimate of drug-likeness (QED) is 0.0925. The van der Waals surface area contributed by atoms with Crippen LogP contribution in [-0.4, -0.2) is 22.5 Å². The van der Waals surface area contributed by atoms with Crippen LogP contribution in [0.5, 0.6) is 0 Å². The van der Waals surface area contributed by atoms with E-state index >= 15 is 0 Å². The smallest absolute Gasteiger partial charge is 0.323 e. The van der Waals surface area contributed by atoms with Crippen molar-refractivity contribution in [2.24, 2.45) is 0 Å². The number of para-hydroxylation sites is 2. The molecule has 0 aliphatic carbocycles. The van der Waals surface area contributed by atoms with Crippen molar-refractivity contribution >= 4 is 28.8 Å². The molecule has 5 rings (SSSR count). The number of nitrogens with zero attached hydrogens (tertiary/aromatic N) is 1. The molecule has 0 saturated carbocycles. The van der Waals surface area contributed by atoms with E-state index < -0.39 is 6.35 Å². The van der Waals surface area contributed by atoms with Crippen molar-refractivity contribution in [1.29, 1.82) is 0 Å². The summed E-state index contributed by atoms with van der Waals surface area (Å²) < 4.78 is 0. The summed E-state index contributed by atoms with van der Waals surface area (Å²) in [5.74, 6) is 12.9. The maximum atomic E-state index is 12.8. The van der Waals surface area contributed by atoms with Gasteiger partial charge in [-0.2, -0.15) is 0 Å². The molecule has 252 valence electrons. The Morgan fingerprint density at radius 3 is 1.62 bits per heavy atom. The van der Waals surface area contributed by atoms with E-state index in [2.05, 4.69) is 86.5 Å². The highest BCUT2D eigenvalue weighted by atomic mass is 16.3. The summed E-state index contributed by atoms with van der Waals surface area (Å²) in [6, 6.07) is 35.9. The van der Waals surface area contributed by atoms with Crippen LogP contribution in [0.2, 0.25) is 0 Å². The number of hydrogen-bond acceptors (Lipinski definition) is 5. The Hall–Kier alpha value is -6.02. The van der Waals surface area contributed by atoms with Crippen LogP contribution in [0.3, 0.4) is 0 Å². The summed E-state index contributed by atoms with van der Waals surface area (Å²) >= 11 is 0. The van der Waals surface area contributed by atoms with Gasteiger partial charge in [-0.05, 0) is 94.5 Å². The van der Waals surface area contributed by atoms with E-state index in [1.165, 1.54) is 0 Å². The van der Waals surface area contributed by atoms with Gasteiger partial charge in [-0.25, -0.2) is 9.78 Å². The molecule has 0 radical (unpaired) electrons. The van der Waals surface area contributed by atoms with Gasteiger partial charge in [0.15, 0.2) is 0 Å². The van der Waals surface area contributed by atoms with Gasteiger partial charge in [0.1, 0.15) is 11.4 Å². The Bertz CT molecular complexity index is 2070. The van der Waals surface area contributed by atoms with Crippen LogP contribution in [0.4, 0.5) is 27.5 Å². The summed E-state index contributed by atoms with van der Waals surface area (Å²) in [5.41, 5.74) is 7.27. The number of anilines is 4. The van der Waals surface area contributed by atoms with Gasteiger partial charge in [-0.1, -0.05) is 108 Å². The summed E-state index contributed by atoms with van der Waals surface area (Å²) in [6.45, 7) is 12.9. The molecule has 1 unspecified atom stereocenters. The van der Waals surface area contributed by atoms with Gasteiger partial charge in [0.25, 0.3) is 0 Å². The van der Waals surface area contributed by atoms with Gasteiger partial charge in [0.2, 0.25) is 6.35 Å². The fourth-order valence-electron chi connectivity index (χ4n) is 4.98. The Labute approximate surface area is 295 Å². The van der Waals surface area contributed by atoms with Crippen LogP contribution < -0.4 is 21.3 Å². The number of aromatic nitrogens is 1. The molecule has 1 heterocycles. The molecular formula is C43H43N5O2. The molecule has 2 amide bonds. The molecule has 50 heavy (non-hydrogen) atoms. The highest BCUT2D eigenvalue weighted by Crippen LogP contribution is 2.28. The van der Waals surface area contributed by atoms with Crippen LogP contribution >= 0.6 is 0 Å². The zero-order chi connectivity index (χ0) is 35.7. The van der Waals surface area contributed by atoms with Crippen molar-refractivity contribution in [2.75, 3.05) is 21.3 Å². The molecule has 0 fully saturated rings. The second-order valence-corrected chi connectivity index (χ2v) is 13.9. The fraction of sp³-hybridized carbons (Fsp3) is 0.209. The molecule has 4 aromatic carbocycles. The topological polar surface area (TPSA) is 98.3 Å². The first kappa shape index (κ1) is 35.3. The van der Waals surface area contributed by atoms with Crippen LogP contribution in [0, 0.1) is 23.7 Å². The highest BCUT2D eigenvalue weighted by molar-refractivity contribution is 6.00. The zero-order valence-electron chi connectivity index (χ0n) is 29.3. The molecule has 5 N–H and O–H groups in total. The third kappa shape index (κ3) is 10.00. The van der Waals surface area contributed by atoms with Crippen molar-refractivity contribution in [2.45, 2.75) is 58.7 Å². The average molecular weight is 662 g/mol. The lowest BCUT2D eigenvalue weighted by molar-refractivity contribution is 0.233. The number of nitrogens with one attached hydrogen (secondary N) is 4. The Balaban J connectivity index is 1.41. The van der Waals surface area contributed by atoms with E-state index in [-0.39, 0.29) is 16.9 Å². The Morgan fingerprint density at radius 2 is 1.08 bits per heavy atom. The number of benzene rings is 4. The number of aliphatic hydroxyl groups is 1. The van der Waals surface area contributed by atoms with E-state index in [1.54, 1.807) is 0 Å². The molecule has 1 aromatic heterocycles. The lowest BCUT2D eigenvalue weighted by atomic mass is 9.86. The average Bonchev–Trinajstić information content (AvgIpc) is 3.07. The predicted molar refractivity (Wildman–Crippen MR) is 205 cm³/mol.